The van der Waals surface area contributed by atoms with Crippen molar-refractivity contribution in [3.8, 4) is 0 Å². The summed E-state index contributed by atoms with van der Waals surface area (Å²) in [5.41, 5.74) is 1.01. The minimum Gasteiger partial charge on any atom is -0.356 e. The highest BCUT2D eigenvalue weighted by Gasteiger charge is 2.21. The van der Waals surface area contributed by atoms with Crippen LogP contribution in [0.25, 0.3) is 0 Å². The molecule has 98 valence electrons. The third kappa shape index (κ3) is 4.07. The summed E-state index contributed by atoms with van der Waals surface area (Å²) in [7, 11) is 1.77. The third-order valence-electron chi connectivity index (χ3n) is 2.94. The van der Waals surface area contributed by atoms with Gasteiger partial charge < -0.3 is 10.6 Å². The summed E-state index contributed by atoms with van der Waals surface area (Å²) in [5.74, 6) is 1.63. The molecule has 0 bridgehead atoms. The van der Waals surface area contributed by atoms with Crippen molar-refractivity contribution in [2.45, 2.75) is 19.4 Å². The molecule has 0 amide bonds. The Morgan fingerprint density at radius 2 is 2.11 bits per heavy atom. The molecule has 2 rings (SSSR count). The minimum atomic E-state index is 0.639. The van der Waals surface area contributed by atoms with E-state index in [1.54, 1.807) is 13.1 Å². The molecule has 0 aliphatic heterocycles. The summed E-state index contributed by atoms with van der Waals surface area (Å²) in [6.45, 7) is 1.63. The summed E-state index contributed by atoms with van der Waals surface area (Å²) < 4.78 is 0. The van der Waals surface area contributed by atoms with Crippen LogP contribution in [-0.4, -0.2) is 19.6 Å². The molecule has 1 aromatic rings. The lowest BCUT2D eigenvalue weighted by Gasteiger charge is -2.12. The Hall–Kier alpha value is -0.930. The second-order valence-electron chi connectivity index (χ2n) is 4.49. The van der Waals surface area contributed by atoms with Gasteiger partial charge in [0.2, 0.25) is 0 Å². The standard InChI is InChI=1S/C13H17Cl2N3/c1-16-13(17-7-9-2-3-9)18-8-10-4-5-11(14)6-12(10)15/h4-6,9H,2-3,7-8H2,1H3,(H2,16,17,18). The van der Waals surface area contributed by atoms with Crippen molar-refractivity contribution >= 4 is 29.2 Å². The maximum Gasteiger partial charge on any atom is 0.191 e. The normalized spacial score (nSPS) is 15.6. The van der Waals surface area contributed by atoms with E-state index in [0.717, 1.165) is 24.0 Å². The van der Waals surface area contributed by atoms with E-state index >= 15 is 0 Å². The minimum absolute atomic E-state index is 0.639. The zero-order valence-electron chi connectivity index (χ0n) is 10.3. The van der Waals surface area contributed by atoms with E-state index in [9.17, 15) is 0 Å². The molecule has 0 spiro atoms. The molecule has 2 N–H and O–H groups in total. The zero-order chi connectivity index (χ0) is 13.0. The fourth-order valence-corrected chi connectivity index (χ4v) is 2.10. The molecule has 0 aromatic heterocycles. The first kappa shape index (κ1) is 13.5. The average molecular weight is 286 g/mol. The van der Waals surface area contributed by atoms with Crippen molar-refractivity contribution in [3.05, 3.63) is 33.8 Å². The van der Waals surface area contributed by atoms with Gasteiger partial charge in [-0.2, -0.15) is 0 Å². The van der Waals surface area contributed by atoms with Crippen LogP contribution < -0.4 is 10.6 Å². The Labute approximate surface area is 118 Å². The van der Waals surface area contributed by atoms with Crippen LogP contribution in [0.2, 0.25) is 10.0 Å². The van der Waals surface area contributed by atoms with Gasteiger partial charge >= 0.3 is 0 Å². The molecule has 3 nitrogen and oxygen atoms in total. The van der Waals surface area contributed by atoms with Crippen molar-refractivity contribution in [2.75, 3.05) is 13.6 Å². The number of hydrogen-bond donors (Lipinski definition) is 2. The van der Waals surface area contributed by atoms with Crippen LogP contribution in [0.1, 0.15) is 18.4 Å². The van der Waals surface area contributed by atoms with Gasteiger partial charge in [-0.1, -0.05) is 29.3 Å². The summed E-state index contributed by atoms with van der Waals surface area (Å²) >= 11 is 12.0. The van der Waals surface area contributed by atoms with Crippen LogP contribution in [0, 0.1) is 5.92 Å². The van der Waals surface area contributed by atoms with Crippen LogP contribution >= 0.6 is 23.2 Å². The molecule has 0 heterocycles. The Kier molecular flexibility index (Phi) is 4.72. The second-order valence-corrected chi connectivity index (χ2v) is 5.33. The van der Waals surface area contributed by atoms with Gasteiger partial charge in [0.1, 0.15) is 0 Å². The molecular formula is C13H17Cl2N3. The maximum absolute atomic E-state index is 6.11. The molecule has 0 unspecified atom stereocenters. The molecule has 0 atom stereocenters. The molecule has 1 aliphatic carbocycles. The molecule has 1 fully saturated rings. The van der Waals surface area contributed by atoms with Crippen molar-refractivity contribution in [1.82, 2.24) is 10.6 Å². The molecule has 1 aromatic carbocycles. The first-order chi connectivity index (χ1) is 8.69. The van der Waals surface area contributed by atoms with E-state index in [1.807, 2.05) is 12.1 Å². The number of guanidine groups is 1. The highest BCUT2D eigenvalue weighted by molar-refractivity contribution is 6.35. The molecule has 0 radical (unpaired) electrons. The number of aliphatic imine (C=N–C) groups is 1. The number of hydrogen-bond acceptors (Lipinski definition) is 1. The largest absolute Gasteiger partial charge is 0.356 e. The van der Waals surface area contributed by atoms with E-state index in [0.29, 0.717) is 16.6 Å². The van der Waals surface area contributed by atoms with Gasteiger partial charge in [0.05, 0.1) is 0 Å². The van der Waals surface area contributed by atoms with Gasteiger partial charge in [0.25, 0.3) is 0 Å². The summed E-state index contributed by atoms with van der Waals surface area (Å²) in [5, 5.41) is 7.87. The predicted molar refractivity (Wildman–Crippen MR) is 77.4 cm³/mol. The van der Waals surface area contributed by atoms with Crippen LogP contribution in [0.5, 0.6) is 0 Å². The quantitative estimate of drug-likeness (QED) is 0.659. The van der Waals surface area contributed by atoms with Crippen LogP contribution in [-0.2, 0) is 6.54 Å². The number of nitrogens with zero attached hydrogens (tertiary/aromatic N) is 1. The van der Waals surface area contributed by atoms with Gasteiger partial charge in [-0.05, 0) is 36.5 Å². The summed E-state index contributed by atoms with van der Waals surface area (Å²) in [6, 6.07) is 5.51. The third-order valence-corrected chi connectivity index (χ3v) is 3.53. The van der Waals surface area contributed by atoms with Gasteiger partial charge in [-0.15, -0.1) is 0 Å². The second kappa shape index (κ2) is 6.30. The fraction of sp³-hybridized carbons (Fsp3) is 0.462. The molecule has 5 heteroatoms. The lowest BCUT2D eigenvalue weighted by molar-refractivity contribution is 0.737. The van der Waals surface area contributed by atoms with Crippen LogP contribution in [0.4, 0.5) is 0 Å². The molecular weight excluding hydrogens is 269 g/mol. The SMILES string of the molecule is CN=C(NCc1ccc(Cl)cc1Cl)NCC1CC1. The Morgan fingerprint density at radius 1 is 1.33 bits per heavy atom. The number of rotatable bonds is 4. The highest BCUT2D eigenvalue weighted by Crippen LogP contribution is 2.27. The molecule has 1 aliphatic rings. The topological polar surface area (TPSA) is 36.4 Å². The zero-order valence-corrected chi connectivity index (χ0v) is 11.9. The predicted octanol–water partition coefficient (Wildman–Crippen LogP) is 3.07. The molecule has 1 saturated carbocycles. The maximum atomic E-state index is 6.11. The van der Waals surface area contributed by atoms with Crippen molar-refractivity contribution in [2.24, 2.45) is 10.9 Å². The first-order valence-electron chi connectivity index (χ1n) is 6.07. The van der Waals surface area contributed by atoms with Gasteiger partial charge in [-0.3, -0.25) is 4.99 Å². The van der Waals surface area contributed by atoms with Crippen molar-refractivity contribution in [3.63, 3.8) is 0 Å². The van der Waals surface area contributed by atoms with Gasteiger partial charge in [-0.25, -0.2) is 0 Å². The summed E-state index contributed by atoms with van der Waals surface area (Å²) in [6.07, 6.45) is 2.65. The Morgan fingerprint density at radius 3 is 2.72 bits per heavy atom. The number of benzene rings is 1. The number of halogens is 2. The number of nitrogens with one attached hydrogen (secondary N) is 2. The average Bonchev–Trinajstić information content (AvgIpc) is 3.15. The Balaban J connectivity index is 1.84. The van der Waals surface area contributed by atoms with E-state index in [2.05, 4.69) is 15.6 Å². The monoisotopic (exact) mass is 285 g/mol. The van der Waals surface area contributed by atoms with Gasteiger partial charge in [0, 0.05) is 30.2 Å². The van der Waals surface area contributed by atoms with E-state index in [-0.39, 0.29) is 0 Å². The van der Waals surface area contributed by atoms with E-state index < -0.39 is 0 Å². The fourth-order valence-electron chi connectivity index (χ4n) is 1.63. The van der Waals surface area contributed by atoms with Crippen molar-refractivity contribution in [1.29, 1.82) is 0 Å². The molecule has 0 saturated heterocycles. The van der Waals surface area contributed by atoms with Gasteiger partial charge in [0.15, 0.2) is 5.96 Å². The highest BCUT2D eigenvalue weighted by atomic mass is 35.5. The first-order valence-corrected chi connectivity index (χ1v) is 6.83. The summed E-state index contributed by atoms with van der Waals surface area (Å²) in [4.78, 5) is 4.18. The van der Waals surface area contributed by atoms with E-state index in [4.69, 9.17) is 23.2 Å². The smallest absolute Gasteiger partial charge is 0.191 e. The van der Waals surface area contributed by atoms with Crippen LogP contribution in [0.3, 0.4) is 0 Å². The van der Waals surface area contributed by atoms with Crippen LogP contribution in [0.15, 0.2) is 23.2 Å². The lowest BCUT2D eigenvalue weighted by atomic mass is 10.2. The molecule has 18 heavy (non-hydrogen) atoms. The van der Waals surface area contributed by atoms with Crippen molar-refractivity contribution < 1.29 is 0 Å². The lowest BCUT2D eigenvalue weighted by Crippen LogP contribution is -2.37. The Bertz CT molecular complexity index is 442. The van der Waals surface area contributed by atoms with E-state index in [1.165, 1.54) is 12.8 Å².